The van der Waals surface area contributed by atoms with Crippen molar-refractivity contribution in [2.24, 2.45) is 5.73 Å². The van der Waals surface area contributed by atoms with E-state index in [0.29, 0.717) is 19.4 Å². The maximum absolute atomic E-state index is 13.5. The fourth-order valence-electron chi connectivity index (χ4n) is 5.38. The Morgan fingerprint density at radius 3 is 2.17 bits per heavy atom. The molecule has 3 heterocycles. The Morgan fingerprint density at radius 2 is 1.55 bits per heavy atom. The van der Waals surface area contributed by atoms with Crippen LogP contribution < -0.4 is 16.4 Å². The van der Waals surface area contributed by atoms with Gasteiger partial charge in [0.15, 0.2) is 0 Å². The summed E-state index contributed by atoms with van der Waals surface area (Å²) in [6.45, 7) is -0.0735. The molecule has 5 rings (SSSR count). The number of aliphatic carboxylic acids is 1. The lowest BCUT2D eigenvalue weighted by Crippen LogP contribution is -2.54. The third-order valence-electron chi connectivity index (χ3n) is 7.43. The van der Waals surface area contributed by atoms with Crippen molar-refractivity contribution in [3.63, 3.8) is 0 Å². The van der Waals surface area contributed by atoms with E-state index in [2.05, 4.69) is 20.6 Å². The van der Waals surface area contributed by atoms with Gasteiger partial charge in [-0.2, -0.15) is 0 Å². The van der Waals surface area contributed by atoms with E-state index in [4.69, 9.17) is 5.73 Å². The molecule has 1 aliphatic heterocycles. The van der Waals surface area contributed by atoms with E-state index < -0.39 is 41.8 Å². The fraction of sp³-hybridized carbons (Fsp3) is 0.310. The second kappa shape index (κ2) is 11.6. The van der Waals surface area contributed by atoms with Gasteiger partial charge in [0.2, 0.25) is 17.7 Å². The maximum atomic E-state index is 13.5. The van der Waals surface area contributed by atoms with Crippen molar-refractivity contribution in [2.45, 2.75) is 43.8 Å². The summed E-state index contributed by atoms with van der Waals surface area (Å²) in [4.78, 5) is 58.5. The van der Waals surface area contributed by atoms with Crippen molar-refractivity contribution in [1.82, 2.24) is 25.5 Å². The molecule has 4 aromatic rings. The molecule has 0 saturated carbocycles. The smallest absolute Gasteiger partial charge is 0.326 e. The predicted molar refractivity (Wildman–Crippen MR) is 149 cm³/mol. The summed E-state index contributed by atoms with van der Waals surface area (Å²) in [5, 5.41) is 16.8. The van der Waals surface area contributed by atoms with Gasteiger partial charge < -0.3 is 36.3 Å². The number of likely N-dealkylation sites (tertiary alicyclic amines) is 1. The minimum Gasteiger partial charge on any atom is -0.480 e. The highest BCUT2D eigenvalue weighted by Crippen LogP contribution is 2.23. The van der Waals surface area contributed by atoms with Crippen LogP contribution in [0.15, 0.2) is 60.9 Å². The first-order valence-corrected chi connectivity index (χ1v) is 13.3. The Kier molecular flexibility index (Phi) is 7.83. The number of aromatic amines is 2. The van der Waals surface area contributed by atoms with Crippen LogP contribution >= 0.6 is 0 Å². The molecule has 0 aliphatic carbocycles. The van der Waals surface area contributed by atoms with Crippen molar-refractivity contribution in [2.75, 3.05) is 13.1 Å². The molecular formula is C29H32N6O5. The molecule has 0 radical (unpaired) electrons. The van der Waals surface area contributed by atoms with E-state index in [1.165, 1.54) is 4.90 Å². The standard InChI is InChI=1S/C29H32N6O5/c30-21(12-17-14-31-22-8-3-1-6-19(17)22)27(37)33-16-26(36)34-24(28(38)35-11-5-10-25(35)29(39)40)13-18-15-32-23-9-4-2-7-20(18)23/h1-4,6-9,14-15,21,24-25,31-32H,5,10-13,16,30H2,(H,33,37)(H,34,36)(H,39,40). The molecule has 3 amide bonds. The van der Waals surface area contributed by atoms with Crippen LogP contribution in [0.1, 0.15) is 24.0 Å². The highest BCUT2D eigenvalue weighted by atomic mass is 16.4. The Balaban J connectivity index is 1.24. The van der Waals surface area contributed by atoms with Gasteiger partial charge in [0.25, 0.3) is 0 Å². The number of amides is 3. The molecule has 0 spiro atoms. The van der Waals surface area contributed by atoms with Gasteiger partial charge in [0, 0.05) is 47.2 Å². The third kappa shape index (κ3) is 5.69. The van der Waals surface area contributed by atoms with Gasteiger partial charge in [-0.05, 0) is 42.5 Å². The first-order chi connectivity index (χ1) is 19.3. The highest BCUT2D eigenvalue weighted by molar-refractivity contribution is 5.94. The van der Waals surface area contributed by atoms with Gasteiger partial charge in [-0.3, -0.25) is 14.4 Å². The number of nitrogens with two attached hydrogens (primary N) is 1. The van der Waals surface area contributed by atoms with Crippen molar-refractivity contribution in [3.05, 3.63) is 72.1 Å². The van der Waals surface area contributed by atoms with Crippen molar-refractivity contribution < 1.29 is 24.3 Å². The zero-order chi connectivity index (χ0) is 28.2. The van der Waals surface area contributed by atoms with Crippen LogP contribution in [0.3, 0.4) is 0 Å². The number of carbonyl (C=O) groups is 4. The number of carbonyl (C=O) groups excluding carboxylic acids is 3. The Morgan fingerprint density at radius 1 is 0.950 bits per heavy atom. The van der Waals surface area contributed by atoms with E-state index >= 15 is 0 Å². The fourth-order valence-corrected chi connectivity index (χ4v) is 5.38. The van der Waals surface area contributed by atoms with Crippen molar-refractivity contribution >= 4 is 45.5 Å². The van der Waals surface area contributed by atoms with E-state index in [1.807, 2.05) is 54.7 Å². The number of rotatable bonds is 10. The van der Waals surface area contributed by atoms with Crippen LogP contribution in [0.4, 0.5) is 0 Å². The lowest BCUT2D eigenvalue weighted by atomic mass is 10.0. The lowest BCUT2D eigenvalue weighted by Gasteiger charge is -2.27. The van der Waals surface area contributed by atoms with E-state index in [9.17, 15) is 24.3 Å². The topological polar surface area (TPSA) is 173 Å². The minimum absolute atomic E-state index is 0.158. The first-order valence-electron chi connectivity index (χ1n) is 13.3. The summed E-state index contributed by atoms with van der Waals surface area (Å²) < 4.78 is 0. The maximum Gasteiger partial charge on any atom is 0.326 e. The molecule has 1 fully saturated rings. The van der Waals surface area contributed by atoms with E-state index in [0.717, 1.165) is 32.9 Å². The van der Waals surface area contributed by atoms with Crippen LogP contribution in [-0.4, -0.2) is 74.9 Å². The van der Waals surface area contributed by atoms with Gasteiger partial charge in [-0.1, -0.05) is 36.4 Å². The zero-order valence-electron chi connectivity index (χ0n) is 21.9. The summed E-state index contributed by atoms with van der Waals surface area (Å²) in [5.41, 5.74) is 9.66. The molecule has 40 heavy (non-hydrogen) atoms. The van der Waals surface area contributed by atoms with Crippen LogP contribution in [0.5, 0.6) is 0 Å². The van der Waals surface area contributed by atoms with Crippen LogP contribution in [0, 0.1) is 0 Å². The number of nitrogens with one attached hydrogen (secondary N) is 4. The molecule has 1 saturated heterocycles. The number of carboxylic acid groups (broad SMARTS) is 1. The van der Waals surface area contributed by atoms with Crippen molar-refractivity contribution in [3.8, 4) is 0 Å². The number of benzene rings is 2. The molecule has 1 aliphatic rings. The quantitative estimate of drug-likeness (QED) is 0.176. The number of para-hydroxylation sites is 2. The van der Waals surface area contributed by atoms with Crippen LogP contribution in [0.2, 0.25) is 0 Å². The molecule has 7 N–H and O–H groups in total. The van der Waals surface area contributed by atoms with E-state index in [-0.39, 0.29) is 19.4 Å². The number of carboxylic acids is 1. The summed E-state index contributed by atoms with van der Waals surface area (Å²) >= 11 is 0. The highest BCUT2D eigenvalue weighted by Gasteiger charge is 2.38. The molecule has 11 heteroatoms. The van der Waals surface area contributed by atoms with Gasteiger partial charge in [-0.25, -0.2) is 4.79 Å². The normalized spacial score (nSPS) is 16.6. The number of fused-ring (bicyclic) bond motifs is 2. The molecule has 3 atom stereocenters. The van der Waals surface area contributed by atoms with Gasteiger partial charge in [-0.15, -0.1) is 0 Å². The lowest BCUT2D eigenvalue weighted by molar-refractivity contribution is -0.149. The molecule has 3 unspecified atom stereocenters. The Bertz CT molecular complexity index is 1560. The largest absolute Gasteiger partial charge is 0.480 e. The zero-order valence-corrected chi connectivity index (χ0v) is 21.9. The van der Waals surface area contributed by atoms with Gasteiger partial charge in [0.05, 0.1) is 12.6 Å². The number of aromatic nitrogens is 2. The first kappa shape index (κ1) is 26.9. The second-order valence-corrected chi connectivity index (χ2v) is 10.1. The molecule has 2 aromatic heterocycles. The van der Waals surface area contributed by atoms with Crippen LogP contribution in [0.25, 0.3) is 21.8 Å². The third-order valence-corrected chi connectivity index (χ3v) is 7.43. The van der Waals surface area contributed by atoms with Crippen molar-refractivity contribution in [1.29, 1.82) is 0 Å². The summed E-state index contributed by atoms with van der Waals surface area (Å²) in [6.07, 6.45) is 4.96. The minimum atomic E-state index is -1.07. The SMILES string of the molecule is NC(Cc1c[nH]c2ccccc12)C(=O)NCC(=O)NC(Cc1c[nH]c2ccccc12)C(=O)N1CCCC1C(=O)O. The van der Waals surface area contributed by atoms with Gasteiger partial charge in [0.1, 0.15) is 12.1 Å². The number of H-pyrrole nitrogens is 2. The monoisotopic (exact) mass is 544 g/mol. The predicted octanol–water partition coefficient (Wildman–Crippen LogP) is 1.44. The number of hydrogen-bond donors (Lipinski definition) is 6. The summed E-state index contributed by atoms with van der Waals surface area (Å²) in [5.74, 6) is -2.60. The average Bonchev–Trinajstić information content (AvgIpc) is 3.70. The molecule has 208 valence electrons. The number of nitrogens with zero attached hydrogens (tertiary/aromatic N) is 1. The molecule has 2 aromatic carbocycles. The van der Waals surface area contributed by atoms with Gasteiger partial charge >= 0.3 is 5.97 Å². The summed E-state index contributed by atoms with van der Waals surface area (Å²) in [7, 11) is 0. The molecule has 0 bridgehead atoms. The average molecular weight is 545 g/mol. The Labute approximate surface area is 230 Å². The van der Waals surface area contributed by atoms with E-state index in [1.54, 1.807) is 6.20 Å². The second-order valence-electron chi connectivity index (χ2n) is 10.1. The molecular weight excluding hydrogens is 512 g/mol. The molecule has 11 nitrogen and oxygen atoms in total. The van der Waals surface area contributed by atoms with Crippen LogP contribution in [-0.2, 0) is 32.0 Å². The number of hydrogen-bond acceptors (Lipinski definition) is 5. The summed E-state index contributed by atoms with van der Waals surface area (Å²) in [6, 6.07) is 12.5. The Hall–Kier alpha value is -4.64.